The Hall–Kier alpha value is -1.44. The Morgan fingerprint density at radius 2 is 2.17 bits per heavy atom. The van der Waals surface area contributed by atoms with Gasteiger partial charge in [0, 0.05) is 25.3 Å². The summed E-state index contributed by atoms with van der Waals surface area (Å²) in [7, 11) is 1.51. The van der Waals surface area contributed by atoms with Crippen molar-refractivity contribution < 1.29 is 14.9 Å². The smallest absolute Gasteiger partial charge is 0.328 e. The number of hydrogen-bond acceptors (Lipinski definition) is 5. The summed E-state index contributed by atoms with van der Waals surface area (Å²) in [6.45, 7) is 0.312. The molecule has 0 amide bonds. The molecule has 1 aliphatic rings. The highest BCUT2D eigenvalue weighted by atomic mass is 16.5. The lowest BCUT2D eigenvalue weighted by Crippen LogP contribution is -2.37. The molecule has 7 heteroatoms. The maximum absolute atomic E-state index is 11.6. The molecule has 1 aliphatic carbocycles. The zero-order chi connectivity index (χ0) is 13.3. The van der Waals surface area contributed by atoms with Crippen molar-refractivity contribution in [2.24, 2.45) is 5.92 Å². The summed E-state index contributed by atoms with van der Waals surface area (Å²) < 4.78 is 6.20. The van der Waals surface area contributed by atoms with Crippen LogP contribution in [0, 0.1) is 5.92 Å². The average Bonchev–Trinajstić information content (AvgIpc) is 2.58. The fraction of sp³-hybridized carbons (Fsp3) is 0.636. The van der Waals surface area contributed by atoms with Gasteiger partial charge in [-0.1, -0.05) is 0 Å². The first-order valence-corrected chi connectivity index (χ1v) is 5.71. The number of aromatic amines is 1. The van der Waals surface area contributed by atoms with Crippen LogP contribution in [-0.4, -0.2) is 45.7 Å². The number of aliphatic hydroxyl groups is 2. The standard InChI is InChI=1S/C11H16N2O5/c1-18-5-6-4-7(10(16)9(6)15)13-3-2-8(14)12-11(13)17/h2-3,6-7,9-10,15-16H,4-5H2,1H3,(H,12,14,17)/t6-,7-,9?,10?/m1/s1. The lowest BCUT2D eigenvalue weighted by Gasteiger charge is -2.18. The zero-order valence-corrected chi connectivity index (χ0v) is 9.94. The van der Waals surface area contributed by atoms with Gasteiger partial charge in [-0.05, 0) is 6.42 Å². The van der Waals surface area contributed by atoms with Crippen LogP contribution in [0.5, 0.6) is 0 Å². The van der Waals surface area contributed by atoms with Crippen LogP contribution in [0.1, 0.15) is 12.5 Å². The number of ether oxygens (including phenoxy) is 1. The number of nitrogens with zero attached hydrogens (tertiary/aromatic N) is 1. The van der Waals surface area contributed by atoms with Gasteiger partial charge in [0.2, 0.25) is 0 Å². The Labute approximate surface area is 103 Å². The third-order valence-corrected chi connectivity index (χ3v) is 3.36. The second-order valence-electron chi connectivity index (χ2n) is 4.52. The molecule has 1 aromatic heterocycles. The van der Waals surface area contributed by atoms with Crippen LogP contribution in [0.2, 0.25) is 0 Å². The van der Waals surface area contributed by atoms with E-state index >= 15 is 0 Å². The summed E-state index contributed by atoms with van der Waals surface area (Å²) in [6.07, 6.45) is -0.235. The summed E-state index contributed by atoms with van der Waals surface area (Å²) in [6, 6.07) is 0.661. The van der Waals surface area contributed by atoms with Crippen molar-refractivity contribution in [1.29, 1.82) is 0 Å². The molecule has 1 fully saturated rings. The van der Waals surface area contributed by atoms with Crippen molar-refractivity contribution in [3.05, 3.63) is 33.1 Å². The van der Waals surface area contributed by atoms with E-state index in [9.17, 15) is 19.8 Å². The van der Waals surface area contributed by atoms with Crippen LogP contribution >= 0.6 is 0 Å². The van der Waals surface area contributed by atoms with Gasteiger partial charge >= 0.3 is 5.69 Å². The van der Waals surface area contributed by atoms with Crippen molar-refractivity contribution in [3.63, 3.8) is 0 Å². The Morgan fingerprint density at radius 1 is 1.44 bits per heavy atom. The minimum atomic E-state index is -1.05. The second-order valence-corrected chi connectivity index (χ2v) is 4.52. The van der Waals surface area contributed by atoms with Gasteiger partial charge in [-0.2, -0.15) is 0 Å². The van der Waals surface area contributed by atoms with Crippen LogP contribution in [0.15, 0.2) is 21.9 Å². The van der Waals surface area contributed by atoms with E-state index in [1.807, 2.05) is 0 Å². The molecule has 0 aliphatic heterocycles. The third-order valence-electron chi connectivity index (χ3n) is 3.36. The molecule has 4 atom stereocenters. The molecular formula is C11H16N2O5. The van der Waals surface area contributed by atoms with E-state index in [1.165, 1.54) is 23.9 Å². The molecule has 2 rings (SSSR count). The number of hydrogen-bond donors (Lipinski definition) is 3. The highest BCUT2D eigenvalue weighted by Gasteiger charge is 2.42. The summed E-state index contributed by atoms with van der Waals surface area (Å²) in [5.74, 6) is -0.228. The van der Waals surface area contributed by atoms with Gasteiger partial charge in [0.05, 0.1) is 18.8 Å². The van der Waals surface area contributed by atoms with Gasteiger partial charge in [0.25, 0.3) is 5.56 Å². The van der Waals surface area contributed by atoms with Crippen LogP contribution in [0.4, 0.5) is 0 Å². The Bertz CT molecular complexity index is 523. The lowest BCUT2D eigenvalue weighted by molar-refractivity contribution is -0.00959. The number of nitrogens with one attached hydrogen (secondary N) is 1. The SMILES string of the molecule is COC[C@H]1C[C@@H](n2ccc(=O)[nH]c2=O)C(O)C1O. The summed E-state index contributed by atoms with van der Waals surface area (Å²) in [4.78, 5) is 24.7. The van der Waals surface area contributed by atoms with Gasteiger partial charge < -0.3 is 14.9 Å². The number of rotatable bonds is 3. The van der Waals surface area contributed by atoms with Gasteiger partial charge in [-0.15, -0.1) is 0 Å². The van der Waals surface area contributed by atoms with E-state index in [4.69, 9.17) is 4.74 Å². The molecular weight excluding hydrogens is 240 g/mol. The molecule has 1 saturated carbocycles. The first-order valence-electron chi connectivity index (χ1n) is 5.71. The Balaban J connectivity index is 2.29. The van der Waals surface area contributed by atoms with Crippen LogP contribution in [0.25, 0.3) is 0 Å². The van der Waals surface area contributed by atoms with E-state index in [2.05, 4.69) is 4.98 Å². The highest BCUT2D eigenvalue weighted by Crippen LogP contribution is 2.34. The van der Waals surface area contributed by atoms with E-state index < -0.39 is 29.5 Å². The minimum Gasteiger partial charge on any atom is -0.390 e. The van der Waals surface area contributed by atoms with Crippen molar-refractivity contribution in [2.75, 3.05) is 13.7 Å². The molecule has 1 aromatic rings. The van der Waals surface area contributed by atoms with Crippen LogP contribution in [-0.2, 0) is 4.74 Å². The molecule has 0 aromatic carbocycles. The third kappa shape index (κ3) is 2.24. The summed E-state index contributed by atoms with van der Waals surface area (Å²) in [5.41, 5.74) is -1.07. The number of H-pyrrole nitrogens is 1. The monoisotopic (exact) mass is 256 g/mol. The highest BCUT2D eigenvalue weighted by molar-refractivity contribution is 4.97. The van der Waals surface area contributed by atoms with Crippen molar-refractivity contribution in [2.45, 2.75) is 24.7 Å². The maximum Gasteiger partial charge on any atom is 0.328 e. The van der Waals surface area contributed by atoms with E-state index in [0.717, 1.165) is 0 Å². The normalized spacial score (nSPS) is 31.7. The molecule has 0 saturated heterocycles. The average molecular weight is 256 g/mol. The second kappa shape index (κ2) is 5.05. The van der Waals surface area contributed by atoms with Crippen molar-refractivity contribution in [3.8, 4) is 0 Å². The maximum atomic E-state index is 11.6. The molecule has 18 heavy (non-hydrogen) atoms. The predicted octanol–water partition coefficient (Wildman–Crippen LogP) is -1.53. The molecule has 0 bridgehead atoms. The first kappa shape index (κ1) is 13.0. The van der Waals surface area contributed by atoms with Crippen molar-refractivity contribution in [1.82, 2.24) is 9.55 Å². The van der Waals surface area contributed by atoms with E-state index in [1.54, 1.807) is 0 Å². The quantitative estimate of drug-likeness (QED) is 0.608. The summed E-state index contributed by atoms with van der Waals surface area (Å²) >= 11 is 0. The van der Waals surface area contributed by atoms with Crippen LogP contribution in [0.3, 0.4) is 0 Å². The Morgan fingerprint density at radius 3 is 2.78 bits per heavy atom. The largest absolute Gasteiger partial charge is 0.390 e. The fourth-order valence-electron chi connectivity index (χ4n) is 2.44. The summed E-state index contributed by atoms with van der Waals surface area (Å²) in [5, 5.41) is 19.8. The van der Waals surface area contributed by atoms with E-state index in [-0.39, 0.29) is 5.92 Å². The topological polar surface area (TPSA) is 105 Å². The number of aromatic nitrogens is 2. The van der Waals surface area contributed by atoms with Crippen LogP contribution < -0.4 is 11.2 Å². The van der Waals surface area contributed by atoms with Gasteiger partial charge in [-0.3, -0.25) is 14.3 Å². The van der Waals surface area contributed by atoms with Gasteiger partial charge in [-0.25, -0.2) is 4.79 Å². The van der Waals surface area contributed by atoms with Gasteiger partial charge in [0.1, 0.15) is 6.10 Å². The number of aliphatic hydroxyl groups excluding tert-OH is 2. The molecule has 100 valence electrons. The van der Waals surface area contributed by atoms with Crippen molar-refractivity contribution >= 4 is 0 Å². The number of methoxy groups -OCH3 is 1. The molecule has 0 radical (unpaired) electrons. The lowest BCUT2D eigenvalue weighted by atomic mass is 10.1. The van der Waals surface area contributed by atoms with Gasteiger partial charge in [0.15, 0.2) is 0 Å². The zero-order valence-electron chi connectivity index (χ0n) is 9.94. The Kier molecular flexibility index (Phi) is 3.65. The van der Waals surface area contributed by atoms with E-state index in [0.29, 0.717) is 13.0 Å². The fourth-order valence-corrected chi connectivity index (χ4v) is 2.44. The molecule has 0 spiro atoms. The molecule has 7 nitrogen and oxygen atoms in total. The molecule has 2 unspecified atom stereocenters. The molecule has 1 heterocycles. The minimum absolute atomic E-state index is 0.228. The predicted molar refractivity (Wildman–Crippen MR) is 62.4 cm³/mol. The molecule has 3 N–H and O–H groups in total. The first-order chi connectivity index (χ1) is 8.54.